The van der Waals surface area contributed by atoms with E-state index in [-0.39, 0.29) is 17.1 Å². The van der Waals surface area contributed by atoms with Crippen LogP contribution in [0.25, 0.3) is 0 Å². The minimum absolute atomic E-state index is 0.0349. The number of carbonyl (C=O) groups excluding carboxylic acids is 1. The second kappa shape index (κ2) is 9.94. The van der Waals surface area contributed by atoms with E-state index in [2.05, 4.69) is 46.0 Å². The number of hydrogen-bond acceptors (Lipinski definition) is 4. The maximum Gasteiger partial charge on any atom is 0.330 e. The highest BCUT2D eigenvalue weighted by molar-refractivity contribution is 6.74. The smallest absolute Gasteiger partial charge is 0.330 e. The molecule has 3 atom stereocenters. The van der Waals surface area contributed by atoms with E-state index in [0.717, 1.165) is 11.1 Å². The topological polar surface area (TPSA) is 44.8 Å². The third-order valence-electron chi connectivity index (χ3n) is 6.20. The van der Waals surface area contributed by atoms with Gasteiger partial charge in [0.25, 0.3) is 0 Å². The molecule has 0 amide bonds. The van der Waals surface area contributed by atoms with Crippen molar-refractivity contribution in [2.24, 2.45) is 0 Å². The Labute approximate surface area is 187 Å². The molecule has 3 rings (SSSR count). The van der Waals surface area contributed by atoms with Gasteiger partial charge in [0.2, 0.25) is 0 Å². The lowest BCUT2D eigenvalue weighted by Gasteiger charge is -2.43. The van der Waals surface area contributed by atoms with Crippen LogP contribution in [-0.2, 0) is 25.3 Å². The van der Waals surface area contributed by atoms with E-state index in [4.69, 9.17) is 13.9 Å². The molecule has 31 heavy (non-hydrogen) atoms. The molecule has 1 aliphatic heterocycles. The van der Waals surface area contributed by atoms with Crippen LogP contribution < -0.4 is 0 Å². The van der Waals surface area contributed by atoms with E-state index >= 15 is 0 Å². The zero-order valence-corrected chi connectivity index (χ0v) is 20.2. The molecule has 0 fully saturated rings. The predicted octanol–water partition coefficient (Wildman–Crippen LogP) is 6.21. The molecule has 0 aromatic heterocycles. The summed E-state index contributed by atoms with van der Waals surface area (Å²) >= 11 is 0. The Bertz CT molecular complexity index is 871. The average molecular weight is 439 g/mol. The minimum atomic E-state index is -2.14. The van der Waals surface area contributed by atoms with Gasteiger partial charge < -0.3 is 13.9 Å². The summed E-state index contributed by atoms with van der Waals surface area (Å²) in [6.45, 7) is 11.6. The van der Waals surface area contributed by atoms with Crippen molar-refractivity contribution in [2.75, 3.05) is 0 Å². The number of cyclic esters (lactones) is 1. The van der Waals surface area contributed by atoms with E-state index in [0.29, 0.717) is 13.0 Å². The van der Waals surface area contributed by atoms with Gasteiger partial charge in [-0.1, -0.05) is 87.5 Å². The van der Waals surface area contributed by atoms with Crippen LogP contribution in [-0.4, -0.2) is 26.5 Å². The first kappa shape index (κ1) is 23.5. The number of benzene rings is 2. The maximum atomic E-state index is 12.1. The summed E-state index contributed by atoms with van der Waals surface area (Å²) in [6.07, 6.45) is 2.78. The van der Waals surface area contributed by atoms with Crippen molar-refractivity contribution < 1.29 is 18.7 Å². The lowest BCUT2D eigenvalue weighted by molar-refractivity contribution is -0.162. The molecule has 0 aliphatic carbocycles. The SMILES string of the molecule is CC(C)(C)[Si](C)(C)O[C@H](c1ccccc1)[C@@H](OCc1ccccc1)[C@H]1CC=CC(=O)O1. The van der Waals surface area contributed by atoms with Crippen LogP contribution in [0.1, 0.15) is 44.4 Å². The summed E-state index contributed by atoms with van der Waals surface area (Å²) in [5, 5.41) is 0.0349. The lowest BCUT2D eigenvalue weighted by atomic mass is 9.97. The summed E-state index contributed by atoms with van der Waals surface area (Å²) in [5.41, 5.74) is 2.11. The molecule has 4 nitrogen and oxygen atoms in total. The van der Waals surface area contributed by atoms with Gasteiger partial charge in [-0.05, 0) is 29.3 Å². The van der Waals surface area contributed by atoms with E-state index in [9.17, 15) is 4.79 Å². The van der Waals surface area contributed by atoms with Crippen molar-refractivity contribution in [2.45, 2.75) is 70.2 Å². The molecule has 0 saturated heterocycles. The number of ether oxygens (including phenoxy) is 2. The first-order valence-electron chi connectivity index (χ1n) is 10.9. The molecule has 0 saturated carbocycles. The molecule has 0 radical (unpaired) electrons. The van der Waals surface area contributed by atoms with Crippen molar-refractivity contribution in [1.29, 1.82) is 0 Å². The standard InChI is InChI=1S/C26H34O4Si/c1-26(2,3)31(4,5)30-24(21-15-10-7-11-16-21)25(22-17-12-18-23(27)29-22)28-19-20-13-8-6-9-14-20/h6-16,18,22,24-25H,17,19H2,1-5H3/t22-,24-,25+/m1/s1. The van der Waals surface area contributed by atoms with Gasteiger partial charge in [-0.25, -0.2) is 4.79 Å². The average Bonchev–Trinajstić information content (AvgIpc) is 2.73. The number of carbonyl (C=O) groups is 1. The van der Waals surface area contributed by atoms with Crippen molar-refractivity contribution in [3.8, 4) is 0 Å². The van der Waals surface area contributed by atoms with Crippen LogP contribution in [0.2, 0.25) is 18.1 Å². The first-order valence-corrected chi connectivity index (χ1v) is 13.8. The highest BCUT2D eigenvalue weighted by atomic mass is 28.4. The summed E-state index contributed by atoms with van der Waals surface area (Å²) < 4.78 is 19.1. The molecule has 5 heteroatoms. The van der Waals surface area contributed by atoms with Crippen LogP contribution in [0.5, 0.6) is 0 Å². The molecule has 0 spiro atoms. The van der Waals surface area contributed by atoms with Gasteiger partial charge in [-0.15, -0.1) is 0 Å². The Hall–Kier alpha value is -2.21. The highest BCUT2D eigenvalue weighted by Gasteiger charge is 2.44. The fraction of sp³-hybridized carbons (Fsp3) is 0.423. The van der Waals surface area contributed by atoms with Crippen molar-refractivity contribution in [3.05, 3.63) is 83.9 Å². The third kappa shape index (κ3) is 6.16. The van der Waals surface area contributed by atoms with Gasteiger partial charge in [0, 0.05) is 12.5 Å². The third-order valence-corrected chi connectivity index (χ3v) is 10.7. The van der Waals surface area contributed by atoms with Crippen LogP contribution >= 0.6 is 0 Å². The number of hydrogen-bond donors (Lipinski definition) is 0. The summed E-state index contributed by atoms with van der Waals surface area (Å²) in [6, 6.07) is 20.2. The fourth-order valence-corrected chi connectivity index (χ4v) is 4.61. The first-order chi connectivity index (χ1) is 14.7. The van der Waals surface area contributed by atoms with Gasteiger partial charge in [-0.3, -0.25) is 0 Å². The second-order valence-corrected chi connectivity index (χ2v) is 14.3. The Morgan fingerprint density at radius 3 is 2.23 bits per heavy atom. The van der Waals surface area contributed by atoms with Crippen molar-refractivity contribution in [3.63, 3.8) is 0 Å². The largest absolute Gasteiger partial charge is 0.456 e. The highest BCUT2D eigenvalue weighted by Crippen LogP contribution is 2.42. The van der Waals surface area contributed by atoms with E-state index in [1.54, 1.807) is 0 Å². The van der Waals surface area contributed by atoms with E-state index in [1.807, 2.05) is 54.6 Å². The molecule has 0 unspecified atom stereocenters. The van der Waals surface area contributed by atoms with Crippen LogP contribution in [0.15, 0.2) is 72.8 Å². The molecule has 0 bridgehead atoms. The molecule has 1 aliphatic rings. The summed E-state index contributed by atoms with van der Waals surface area (Å²) in [5.74, 6) is -0.330. The van der Waals surface area contributed by atoms with Gasteiger partial charge in [0.1, 0.15) is 18.3 Å². The summed E-state index contributed by atoms with van der Waals surface area (Å²) in [4.78, 5) is 12.1. The predicted molar refractivity (Wildman–Crippen MR) is 126 cm³/mol. The molecule has 2 aromatic carbocycles. The monoisotopic (exact) mass is 438 g/mol. The van der Waals surface area contributed by atoms with E-state index in [1.165, 1.54) is 6.08 Å². The van der Waals surface area contributed by atoms with Crippen LogP contribution in [0, 0.1) is 0 Å². The fourth-order valence-electron chi connectivity index (χ4n) is 3.35. The molecule has 0 N–H and O–H groups in total. The summed E-state index contributed by atoms with van der Waals surface area (Å²) in [7, 11) is -2.14. The van der Waals surface area contributed by atoms with Gasteiger partial charge in [0.15, 0.2) is 8.32 Å². The minimum Gasteiger partial charge on any atom is -0.456 e. The second-order valence-electron chi connectivity index (χ2n) is 9.58. The van der Waals surface area contributed by atoms with Gasteiger partial charge >= 0.3 is 5.97 Å². The van der Waals surface area contributed by atoms with E-state index < -0.39 is 20.5 Å². The number of rotatable bonds is 8. The molecular formula is C26H34O4Si. The Morgan fingerprint density at radius 1 is 1.03 bits per heavy atom. The van der Waals surface area contributed by atoms with Crippen LogP contribution in [0.3, 0.4) is 0 Å². The Morgan fingerprint density at radius 2 is 1.65 bits per heavy atom. The van der Waals surface area contributed by atoms with Gasteiger partial charge in [-0.2, -0.15) is 0 Å². The van der Waals surface area contributed by atoms with Crippen LogP contribution in [0.4, 0.5) is 0 Å². The van der Waals surface area contributed by atoms with Crippen molar-refractivity contribution in [1.82, 2.24) is 0 Å². The maximum absolute atomic E-state index is 12.1. The Balaban J connectivity index is 1.96. The zero-order valence-electron chi connectivity index (χ0n) is 19.2. The van der Waals surface area contributed by atoms with Crippen molar-refractivity contribution >= 4 is 14.3 Å². The van der Waals surface area contributed by atoms with Gasteiger partial charge in [0.05, 0.1) is 6.61 Å². The normalized spacial score (nSPS) is 19.0. The zero-order chi connectivity index (χ0) is 22.5. The molecule has 2 aromatic rings. The Kier molecular flexibility index (Phi) is 7.52. The molecular weight excluding hydrogens is 404 g/mol. The lowest BCUT2D eigenvalue weighted by Crippen LogP contribution is -2.47. The molecule has 1 heterocycles. The molecule has 166 valence electrons. The number of esters is 1. The quantitative estimate of drug-likeness (QED) is 0.363.